The zero-order chi connectivity index (χ0) is 13.4. The van der Waals surface area contributed by atoms with Crippen molar-refractivity contribution in [1.82, 2.24) is 15.1 Å². The SMILES string of the molecule is CCCNC(CCc1ccnn1C)CC(C)CC. The molecule has 0 bridgehead atoms. The lowest BCUT2D eigenvalue weighted by Gasteiger charge is -2.21. The van der Waals surface area contributed by atoms with Crippen LogP contribution in [-0.2, 0) is 13.5 Å². The van der Waals surface area contributed by atoms with E-state index in [1.54, 1.807) is 0 Å². The van der Waals surface area contributed by atoms with Gasteiger partial charge in [-0.15, -0.1) is 0 Å². The van der Waals surface area contributed by atoms with E-state index >= 15 is 0 Å². The molecule has 0 saturated carbocycles. The monoisotopic (exact) mass is 251 g/mol. The van der Waals surface area contributed by atoms with Crippen LogP contribution < -0.4 is 5.32 Å². The van der Waals surface area contributed by atoms with Crippen LogP contribution in [0.4, 0.5) is 0 Å². The molecule has 0 aromatic carbocycles. The quantitative estimate of drug-likeness (QED) is 0.730. The number of hydrogen-bond donors (Lipinski definition) is 1. The molecule has 1 N–H and O–H groups in total. The summed E-state index contributed by atoms with van der Waals surface area (Å²) in [5.74, 6) is 0.811. The standard InChI is InChI=1S/C15H29N3/c1-5-10-16-14(12-13(3)6-2)7-8-15-9-11-17-18(15)4/h9,11,13-14,16H,5-8,10,12H2,1-4H3. The van der Waals surface area contributed by atoms with Gasteiger partial charge in [-0.3, -0.25) is 4.68 Å². The van der Waals surface area contributed by atoms with Gasteiger partial charge in [-0.1, -0.05) is 27.2 Å². The van der Waals surface area contributed by atoms with Gasteiger partial charge in [-0.05, 0) is 44.2 Å². The van der Waals surface area contributed by atoms with E-state index in [1.807, 2.05) is 17.9 Å². The fourth-order valence-electron chi connectivity index (χ4n) is 2.27. The van der Waals surface area contributed by atoms with Crippen LogP contribution in [0.2, 0.25) is 0 Å². The molecule has 3 heteroatoms. The van der Waals surface area contributed by atoms with E-state index in [0.717, 1.165) is 18.9 Å². The summed E-state index contributed by atoms with van der Waals surface area (Å²) in [6.45, 7) is 7.99. The van der Waals surface area contributed by atoms with Crippen LogP contribution >= 0.6 is 0 Å². The van der Waals surface area contributed by atoms with Crippen molar-refractivity contribution in [3.63, 3.8) is 0 Å². The van der Waals surface area contributed by atoms with E-state index in [9.17, 15) is 0 Å². The van der Waals surface area contributed by atoms with Gasteiger partial charge in [0.1, 0.15) is 0 Å². The molecule has 0 aliphatic carbocycles. The Hall–Kier alpha value is -0.830. The molecule has 2 unspecified atom stereocenters. The second kappa shape index (κ2) is 8.30. The van der Waals surface area contributed by atoms with Gasteiger partial charge in [-0.2, -0.15) is 5.10 Å². The molecule has 1 heterocycles. The van der Waals surface area contributed by atoms with Gasteiger partial charge in [0.2, 0.25) is 0 Å². The zero-order valence-corrected chi connectivity index (χ0v) is 12.4. The molecule has 0 amide bonds. The molecule has 0 radical (unpaired) electrons. The molecule has 1 aromatic rings. The highest BCUT2D eigenvalue weighted by Gasteiger charge is 2.12. The third-order valence-corrected chi connectivity index (χ3v) is 3.74. The van der Waals surface area contributed by atoms with Crippen LogP contribution in [0.3, 0.4) is 0 Å². The Morgan fingerprint density at radius 3 is 2.72 bits per heavy atom. The molecular formula is C15H29N3. The van der Waals surface area contributed by atoms with Crippen molar-refractivity contribution in [2.24, 2.45) is 13.0 Å². The van der Waals surface area contributed by atoms with Crippen molar-refractivity contribution in [1.29, 1.82) is 0 Å². The maximum absolute atomic E-state index is 4.23. The Bertz CT molecular complexity index is 319. The van der Waals surface area contributed by atoms with Gasteiger partial charge in [-0.25, -0.2) is 0 Å². The number of nitrogens with zero attached hydrogens (tertiary/aromatic N) is 2. The number of rotatable bonds is 9. The van der Waals surface area contributed by atoms with Gasteiger partial charge in [0, 0.05) is 25.0 Å². The first-order valence-corrected chi connectivity index (χ1v) is 7.37. The van der Waals surface area contributed by atoms with Crippen molar-refractivity contribution in [2.75, 3.05) is 6.54 Å². The average Bonchev–Trinajstić information content (AvgIpc) is 2.78. The van der Waals surface area contributed by atoms with Crippen molar-refractivity contribution in [2.45, 2.75) is 58.9 Å². The third-order valence-electron chi connectivity index (χ3n) is 3.74. The fraction of sp³-hybridized carbons (Fsp3) is 0.800. The summed E-state index contributed by atoms with van der Waals surface area (Å²) in [5, 5.41) is 7.92. The molecule has 0 aliphatic rings. The first-order chi connectivity index (χ1) is 8.67. The van der Waals surface area contributed by atoms with E-state index in [2.05, 4.69) is 37.3 Å². The van der Waals surface area contributed by atoms with Gasteiger partial charge in [0.15, 0.2) is 0 Å². The Morgan fingerprint density at radius 2 is 2.17 bits per heavy atom. The molecule has 0 saturated heterocycles. The van der Waals surface area contributed by atoms with Crippen LogP contribution in [-0.4, -0.2) is 22.4 Å². The predicted octanol–water partition coefficient (Wildman–Crippen LogP) is 3.16. The summed E-state index contributed by atoms with van der Waals surface area (Å²) in [4.78, 5) is 0. The van der Waals surface area contributed by atoms with Crippen LogP contribution in [0.15, 0.2) is 12.3 Å². The molecule has 18 heavy (non-hydrogen) atoms. The van der Waals surface area contributed by atoms with Gasteiger partial charge in [0.25, 0.3) is 0 Å². The lowest BCUT2D eigenvalue weighted by atomic mass is 9.95. The first-order valence-electron chi connectivity index (χ1n) is 7.37. The first kappa shape index (κ1) is 15.2. The summed E-state index contributed by atoms with van der Waals surface area (Å²) in [6, 6.07) is 2.77. The summed E-state index contributed by atoms with van der Waals surface area (Å²) in [6.07, 6.45) is 7.99. The number of aryl methyl sites for hydroxylation is 2. The molecule has 0 aliphatic heterocycles. The minimum atomic E-state index is 0.648. The van der Waals surface area contributed by atoms with Gasteiger partial charge >= 0.3 is 0 Å². The molecule has 3 nitrogen and oxygen atoms in total. The summed E-state index contributed by atoms with van der Waals surface area (Å²) < 4.78 is 1.99. The normalized spacial score (nSPS) is 14.7. The van der Waals surface area contributed by atoms with Gasteiger partial charge < -0.3 is 5.32 Å². The maximum Gasteiger partial charge on any atom is 0.0492 e. The molecule has 0 fully saturated rings. The van der Waals surface area contributed by atoms with Crippen molar-refractivity contribution in [3.05, 3.63) is 18.0 Å². The van der Waals surface area contributed by atoms with Crippen LogP contribution in [0.1, 0.15) is 52.1 Å². The topological polar surface area (TPSA) is 29.9 Å². The van der Waals surface area contributed by atoms with E-state index in [-0.39, 0.29) is 0 Å². The summed E-state index contributed by atoms with van der Waals surface area (Å²) >= 11 is 0. The molecular weight excluding hydrogens is 222 g/mol. The lowest BCUT2D eigenvalue weighted by molar-refractivity contribution is 0.375. The Kier molecular flexibility index (Phi) is 7.02. The van der Waals surface area contributed by atoms with E-state index in [0.29, 0.717) is 6.04 Å². The van der Waals surface area contributed by atoms with E-state index in [4.69, 9.17) is 0 Å². The van der Waals surface area contributed by atoms with Gasteiger partial charge in [0.05, 0.1) is 0 Å². The molecule has 1 rings (SSSR count). The van der Waals surface area contributed by atoms with Crippen molar-refractivity contribution in [3.8, 4) is 0 Å². The number of hydrogen-bond acceptors (Lipinski definition) is 2. The highest BCUT2D eigenvalue weighted by atomic mass is 15.2. The van der Waals surface area contributed by atoms with Crippen molar-refractivity contribution >= 4 is 0 Å². The van der Waals surface area contributed by atoms with Crippen LogP contribution in [0.5, 0.6) is 0 Å². The Labute approximate surface area is 112 Å². The molecule has 0 spiro atoms. The van der Waals surface area contributed by atoms with E-state index < -0.39 is 0 Å². The second-order valence-corrected chi connectivity index (χ2v) is 5.38. The minimum absolute atomic E-state index is 0.648. The minimum Gasteiger partial charge on any atom is -0.314 e. The lowest BCUT2D eigenvalue weighted by Crippen LogP contribution is -2.32. The van der Waals surface area contributed by atoms with Crippen LogP contribution in [0.25, 0.3) is 0 Å². The third kappa shape index (κ3) is 5.21. The number of aromatic nitrogens is 2. The summed E-state index contributed by atoms with van der Waals surface area (Å²) in [7, 11) is 2.03. The molecule has 104 valence electrons. The predicted molar refractivity (Wildman–Crippen MR) is 77.7 cm³/mol. The zero-order valence-electron chi connectivity index (χ0n) is 12.4. The van der Waals surface area contributed by atoms with E-state index in [1.165, 1.54) is 31.4 Å². The number of nitrogens with one attached hydrogen (secondary N) is 1. The second-order valence-electron chi connectivity index (χ2n) is 5.38. The Morgan fingerprint density at radius 1 is 1.39 bits per heavy atom. The molecule has 1 aromatic heterocycles. The highest BCUT2D eigenvalue weighted by molar-refractivity contribution is 5.00. The largest absolute Gasteiger partial charge is 0.314 e. The summed E-state index contributed by atoms with van der Waals surface area (Å²) in [5.41, 5.74) is 1.34. The van der Waals surface area contributed by atoms with Crippen LogP contribution in [0, 0.1) is 5.92 Å². The highest BCUT2D eigenvalue weighted by Crippen LogP contribution is 2.14. The average molecular weight is 251 g/mol. The fourth-order valence-corrected chi connectivity index (χ4v) is 2.27. The smallest absolute Gasteiger partial charge is 0.0492 e. The molecule has 2 atom stereocenters. The Balaban J connectivity index is 2.42. The van der Waals surface area contributed by atoms with Crippen molar-refractivity contribution < 1.29 is 0 Å². The maximum atomic E-state index is 4.23.